The molecule has 0 unspecified atom stereocenters. The summed E-state index contributed by atoms with van der Waals surface area (Å²) in [5.41, 5.74) is 1.62. The van der Waals surface area contributed by atoms with Crippen LogP contribution < -0.4 is 0 Å². The number of azo groups is 1. The fourth-order valence-electron chi connectivity index (χ4n) is 0.942. The van der Waals surface area contributed by atoms with E-state index in [1.54, 1.807) is 6.08 Å². The van der Waals surface area contributed by atoms with Crippen molar-refractivity contribution in [3.05, 3.63) is 22.7 Å². The predicted octanol–water partition coefficient (Wildman–Crippen LogP) is 3.77. The van der Waals surface area contributed by atoms with Gasteiger partial charge in [0, 0.05) is 5.56 Å². The summed E-state index contributed by atoms with van der Waals surface area (Å²) in [6, 6.07) is 0. The summed E-state index contributed by atoms with van der Waals surface area (Å²) < 4.78 is 4.76. The maximum absolute atomic E-state index is 5.85. The Bertz CT molecular complexity index is 357. The van der Waals surface area contributed by atoms with E-state index in [2.05, 4.69) is 22.3 Å². The highest BCUT2D eigenvalue weighted by molar-refractivity contribution is 6.31. The minimum absolute atomic E-state index is 0.345. The molecule has 0 saturated carbocycles. The maximum atomic E-state index is 5.85. The van der Waals surface area contributed by atoms with E-state index in [9.17, 15) is 0 Å². The first-order chi connectivity index (χ1) is 7.24. The normalized spacial score (nSPS) is 12.6. The molecule has 0 saturated heterocycles. The SMILES string of the molecule is CCCCN=N/C(Cl)=C/c1conc1C. The zero-order valence-corrected chi connectivity index (χ0v) is 9.66. The van der Waals surface area contributed by atoms with Crippen molar-refractivity contribution >= 4 is 17.7 Å². The second-order valence-electron chi connectivity index (χ2n) is 3.14. The Balaban J connectivity index is 2.53. The average Bonchev–Trinajstić information content (AvgIpc) is 2.59. The summed E-state index contributed by atoms with van der Waals surface area (Å²) in [5.74, 6) is 0. The van der Waals surface area contributed by atoms with Gasteiger partial charge in [-0.25, -0.2) is 0 Å². The van der Waals surface area contributed by atoms with Crippen LogP contribution in [0.5, 0.6) is 0 Å². The van der Waals surface area contributed by atoms with E-state index < -0.39 is 0 Å². The van der Waals surface area contributed by atoms with Crippen LogP contribution in [0.25, 0.3) is 6.08 Å². The fraction of sp³-hybridized carbons (Fsp3) is 0.500. The summed E-state index contributed by atoms with van der Waals surface area (Å²) >= 11 is 5.85. The number of hydrogen-bond acceptors (Lipinski definition) is 4. The van der Waals surface area contributed by atoms with E-state index in [-0.39, 0.29) is 0 Å². The van der Waals surface area contributed by atoms with Crippen LogP contribution in [0.3, 0.4) is 0 Å². The molecule has 1 heterocycles. The van der Waals surface area contributed by atoms with Crippen LogP contribution in [0, 0.1) is 6.92 Å². The number of halogens is 1. The van der Waals surface area contributed by atoms with Crippen LogP contribution in [-0.4, -0.2) is 11.7 Å². The third-order valence-electron chi connectivity index (χ3n) is 1.84. The van der Waals surface area contributed by atoms with Crippen LogP contribution in [0.4, 0.5) is 0 Å². The number of rotatable bonds is 5. The maximum Gasteiger partial charge on any atom is 0.152 e. The van der Waals surface area contributed by atoms with E-state index in [0.29, 0.717) is 11.7 Å². The van der Waals surface area contributed by atoms with Gasteiger partial charge in [-0.05, 0) is 19.4 Å². The van der Waals surface area contributed by atoms with E-state index in [1.165, 1.54) is 6.26 Å². The van der Waals surface area contributed by atoms with Crippen molar-refractivity contribution < 1.29 is 4.52 Å². The van der Waals surface area contributed by atoms with E-state index in [4.69, 9.17) is 16.1 Å². The Kier molecular flexibility index (Phi) is 5.04. The number of aromatic nitrogens is 1. The Morgan fingerprint density at radius 1 is 1.67 bits per heavy atom. The van der Waals surface area contributed by atoms with Crippen molar-refractivity contribution in [2.75, 3.05) is 6.54 Å². The lowest BCUT2D eigenvalue weighted by Crippen LogP contribution is -1.77. The third kappa shape index (κ3) is 4.25. The molecule has 0 N–H and O–H groups in total. The molecule has 0 bridgehead atoms. The molecule has 0 aliphatic heterocycles. The van der Waals surface area contributed by atoms with Gasteiger partial charge >= 0.3 is 0 Å². The molecule has 0 fully saturated rings. The van der Waals surface area contributed by atoms with Crippen molar-refractivity contribution in [2.24, 2.45) is 10.2 Å². The van der Waals surface area contributed by atoms with Gasteiger partial charge in [0.05, 0.1) is 12.2 Å². The molecule has 0 amide bonds. The zero-order valence-electron chi connectivity index (χ0n) is 8.90. The summed E-state index contributed by atoms with van der Waals surface area (Å²) in [6.07, 6.45) is 5.34. The highest BCUT2D eigenvalue weighted by Crippen LogP contribution is 2.14. The second kappa shape index (κ2) is 6.35. The average molecular weight is 228 g/mol. The minimum Gasteiger partial charge on any atom is -0.364 e. The van der Waals surface area contributed by atoms with Crippen LogP contribution in [0.15, 0.2) is 26.2 Å². The molecule has 0 atom stereocenters. The quantitative estimate of drug-likeness (QED) is 0.437. The smallest absolute Gasteiger partial charge is 0.152 e. The van der Waals surface area contributed by atoms with Crippen molar-refractivity contribution in [1.29, 1.82) is 0 Å². The topological polar surface area (TPSA) is 50.8 Å². The van der Waals surface area contributed by atoms with Gasteiger partial charge in [-0.15, -0.1) is 5.11 Å². The predicted molar refractivity (Wildman–Crippen MR) is 59.7 cm³/mol. The molecular weight excluding hydrogens is 214 g/mol. The lowest BCUT2D eigenvalue weighted by Gasteiger charge is -1.89. The van der Waals surface area contributed by atoms with Crippen LogP contribution in [-0.2, 0) is 0 Å². The van der Waals surface area contributed by atoms with Gasteiger partial charge in [0.1, 0.15) is 6.26 Å². The molecule has 5 heteroatoms. The largest absolute Gasteiger partial charge is 0.364 e. The monoisotopic (exact) mass is 227 g/mol. The molecule has 0 spiro atoms. The number of hydrogen-bond donors (Lipinski definition) is 0. The number of unbranched alkanes of at least 4 members (excludes halogenated alkanes) is 1. The molecule has 82 valence electrons. The third-order valence-corrected chi connectivity index (χ3v) is 2.02. The lowest BCUT2D eigenvalue weighted by atomic mass is 10.3. The molecule has 1 aromatic rings. The first-order valence-electron chi connectivity index (χ1n) is 4.89. The van der Waals surface area contributed by atoms with Crippen molar-refractivity contribution in [1.82, 2.24) is 5.16 Å². The van der Waals surface area contributed by atoms with Crippen molar-refractivity contribution in [2.45, 2.75) is 26.7 Å². The summed E-state index contributed by atoms with van der Waals surface area (Å²) in [7, 11) is 0. The Morgan fingerprint density at radius 2 is 2.47 bits per heavy atom. The van der Waals surface area contributed by atoms with Crippen LogP contribution in [0.2, 0.25) is 0 Å². The summed E-state index contributed by atoms with van der Waals surface area (Å²) in [6.45, 7) is 4.66. The van der Waals surface area contributed by atoms with Crippen molar-refractivity contribution in [3.63, 3.8) is 0 Å². The molecule has 1 rings (SSSR count). The van der Waals surface area contributed by atoms with Gasteiger partial charge in [0.2, 0.25) is 0 Å². The van der Waals surface area contributed by atoms with E-state index in [0.717, 1.165) is 24.1 Å². The fourth-order valence-corrected chi connectivity index (χ4v) is 1.11. The standard InChI is InChI=1S/C10H14ClN3O/c1-3-4-5-12-13-10(11)6-9-7-15-14-8(9)2/h6-7H,3-5H2,1-2H3/b10-6+,13-12?. The van der Waals surface area contributed by atoms with Gasteiger partial charge < -0.3 is 4.52 Å². The van der Waals surface area contributed by atoms with Gasteiger partial charge in [0.15, 0.2) is 5.16 Å². The Labute approximate surface area is 94.0 Å². The van der Waals surface area contributed by atoms with Crippen LogP contribution in [0.1, 0.15) is 31.0 Å². The molecular formula is C10H14ClN3O. The second-order valence-corrected chi connectivity index (χ2v) is 3.53. The first-order valence-corrected chi connectivity index (χ1v) is 5.27. The van der Waals surface area contributed by atoms with E-state index >= 15 is 0 Å². The summed E-state index contributed by atoms with van der Waals surface area (Å²) in [5, 5.41) is 11.9. The van der Waals surface area contributed by atoms with Gasteiger partial charge in [-0.2, -0.15) is 5.11 Å². The Morgan fingerprint density at radius 3 is 3.07 bits per heavy atom. The van der Waals surface area contributed by atoms with E-state index in [1.807, 2.05) is 6.92 Å². The minimum atomic E-state index is 0.345. The highest BCUT2D eigenvalue weighted by Gasteiger charge is 1.99. The van der Waals surface area contributed by atoms with Gasteiger partial charge in [0.25, 0.3) is 0 Å². The molecule has 15 heavy (non-hydrogen) atoms. The van der Waals surface area contributed by atoms with Gasteiger partial charge in [-0.1, -0.05) is 30.1 Å². The first kappa shape index (κ1) is 11.9. The molecule has 4 nitrogen and oxygen atoms in total. The Hall–Kier alpha value is -1.16. The molecule has 0 aromatic carbocycles. The number of nitrogens with zero attached hydrogens (tertiary/aromatic N) is 3. The molecule has 1 aromatic heterocycles. The van der Waals surface area contributed by atoms with Crippen molar-refractivity contribution in [3.8, 4) is 0 Å². The molecule has 0 aliphatic carbocycles. The zero-order chi connectivity index (χ0) is 11.1. The lowest BCUT2D eigenvalue weighted by molar-refractivity contribution is 0.415. The summed E-state index contributed by atoms with van der Waals surface area (Å²) in [4.78, 5) is 0. The highest BCUT2D eigenvalue weighted by atomic mass is 35.5. The molecule has 0 aliphatic rings. The molecule has 0 radical (unpaired) electrons. The van der Waals surface area contributed by atoms with Crippen LogP contribution >= 0.6 is 11.6 Å². The number of aryl methyl sites for hydroxylation is 1. The van der Waals surface area contributed by atoms with Gasteiger partial charge in [-0.3, -0.25) is 0 Å².